The van der Waals surface area contributed by atoms with E-state index in [2.05, 4.69) is 12.6 Å². The number of carboxylic acid groups (broad SMARTS) is 1. The van der Waals surface area contributed by atoms with E-state index in [1.807, 2.05) is 0 Å². The van der Waals surface area contributed by atoms with Crippen molar-refractivity contribution in [3.05, 3.63) is 34.9 Å². The molecule has 0 bridgehead atoms. The molecule has 1 N–H and O–H groups in total. The number of aromatic carboxylic acids is 1. The van der Waals surface area contributed by atoms with Crippen LogP contribution in [0, 0.1) is 11.6 Å². The summed E-state index contributed by atoms with van der Waals surface area (Å²) in [5.74, 6) is -2.25. The predicted octanol–water partition coefficient (Wildman–Crippen LogP) is 5.70. The Morgan fingerprint density at radius 3 is 1.81 bits per heavy atom. The molecule has 0 spiro atoms. The highest BCUT2D eigenvalue weighted by atomic mass is 32.1. The van der Waals surface area contributed by atoms with Gasteiger partial charge in [0, 0.05) is 18.6 Å². The minimum atomic E-state index is -1.42. The van der Waals surface area contributed by atoms with Crippen molar-refractivity contribution < 1.29 is 32.9 Å². The zero-order valence-electron chi connectivity index (χ0n) is 19.0. The van der Waals surface area contributed by atoms with E-state index in [0.29, 0.717) is 19.8 Å². The number of benzene rings is 1. The van der Waals surface area contributed by atoms with E-state index in [4.69, 9.17) is 19.3 Å². The van der Waals surface area contributed by atoms with Gasteiger partial charge in [-0.15, -0.1) is 0 Å². The maximum Gasteiger partial charge on any atom is 0.338 e. The molecule has 1 aromatic carbocycles. The molecule has 0 radical (unpaired) electrons. The molecule has 32 heavy (non-hydrogen) atoms. The third kappa shape index (κ3) is 13.4. The van der Waals surface area contributed by atoms with Crippen molar-refractivity contribution in [2.24, 2.45) is 0 Å². The maximum atomic E-state index is 14.0. The van der Waals surface area contributed by atoms with Gasteiger partial charge in [-0.05, 0) is 30.7 Å². The Balaban J connectivity index is 1.89. The predicted molar refractivity (Wildman–Crippen MR) is 125 cm³/mol. The highest BCUT2D eigenvalue weighted by Gasteiger charge is 2.17. The van der Waals surface area contributed by atoms with Crippen LogP contribution >= 0.6 is 12.6 Å². The Morgan fingerprint density at radius 2 is 1.25 bits per heavy atom. The third-order valence-corrected chi connectivity index (χ3v) is 5.42. The van der Waals surface area contributed by atoms with Crippen molar-refractivity contribution in [2.75, 3.05) is 45.4 Å². The number of ether oxygens (including phenoxy) is 3. The second-order valence-electron chi connectivity index (χ2n) is 7.69. The number of carboxylic acids is 1. The van der Waals surface area contributed by atoms with Gasteiger partial charge in [0.2, 0.25) is 0 Å². The molecule has 0 fully saturated rings. The Labute approximate surface area is 196 Å². The van der Waals surface area contributed by atoms with Crippen LogP contribution in [0.2, 0.25) is 0 Å². The van der Waals surface area contributed by atoms with Gasteiger partial charge in [0.05, 0.1) is 38.6 Å². The average Bonchev–Trinajstić information content (AvgIpc) is 2.77. The van der Waals surface area contributed by atoms with E-state index >= 15 is 0 Å². The molecule has 1 rings (SSSR count). The number of unbranched alkanes of at least 4 members (excludes halogenated alkanes) is 8. The lowest BCUT2D eigenvalue weighted by molar-refractivity contribution is 0.0142. The van der Waals surface area contributed by atoms with Crippen LogP contribution in [0.3, 0.4) is 0 Å². The van der Waals surface area contributed by atoms with Crippen LogP contribution in [0.25, 0.3) is 0 Å². The third-order valence-electron chi connectivity index (χ3n) is 5.10. The summed E-state index contributed by atoms with van der Waals surface area (Å²) in [5.41, 5.74) is -0.816. The van der Waals surface area contributed by atoms with E-state index in [0.717, 1.165) is 30.9 Å². The molecule has 184 valence electrons. The number of hydrogen-bond donors (Lipinski definition) is 2. The van der Waals surface area contributed by atoms with E-state index in [1.165, 1.54) is 51.4 Å². The fourth-order valence-electron chi connectivity index (χ4n) is 3.26. The van der Waals surface area contributed by atoms with Crippen LogP contribution in [0.5, 0.6) is 0 Å². The first-order chi connectivity index (χ1) is 15.6. The fourth-order valence-corrected chi connectivity index (χ4v) is 3.49. The summed E-state index contributed by atoms with van der Waals surface area (Å²) in [5, 5.41) is 8.89. The second-order valence-corrected chi connectivity index (χ2v) is 8.13. The lowest BCUT2D eigenvalue weighted by Gasteiger charge is -2.09. The van der Waals surface area contributed by atoms with Crippen LogP contribution in [-0.4, -0.2) is 56.5 Å². The molecule has 0 atom stereocenters. The Hall–Kier alpha value is -1.22. The smallest absolute Gasteiger partial charge is 0.338 e. The van der Waals surface area contributed by atoms with Crippen molar-refractivity contribution >= 4 is 18.6 Å². The molecule has 0 aliphatic rings. The van der Waals surface area contributed by atoms with Crippen LogP contribution < -0.4 is 0 Å². The molecule has 0 aliphatic heterocycles. The van der Waals surface area contributed by atoms with Crippen LogP contribution in [0.15, 0.2) is 12.1 Å². The summed E-state index contributed by atoms with van der Waals surface area (Å²) >= 11 is 4.22. The average molecular weight is 477 g/mol. The van der Waals surface area contributed by atoms with E-state index in [1.54, 1.807) is 0 Å². The van der Waals surface area contributed by atoms with E-state index in [9.17, 15) is 13.6 Å². The fraction of sp³-hybridized carbons (Fsp3) is 0.708. The number of halogens is 2. The van der Waals surface area contributed by atoms with Gasteiger partial charge in [0.1, 0.15) is 11.6 Å². The molecular formula is C24H38F2O5S. The van der Waals surface area contributed by atoms with Gasteiger partial charge in [-0.3, -0.25) is 0 Å². The molecule has 0 aliphatic carbocycles. The zero-order chi connectivity index (χ0) is 23.4. The van der Waals surface area contributed by atoms with Gasteiger partial charge in [0.25, 0.3) is 0 Å². The number of carbonyl (C=O) groups is 1. The molecule has 1 aromatic rings. The number of hydrogen-bond acceptors (Lipinski definition) is 5. The minimum absolute atomic E-state index is 0.0437. The van der Waals surface area contributed by atoms with Crippen LogP contribution in [0.1, 0.15) is 73.7 Å². The number of thiol groups is 1. The van der Waals surface area contributed by atoms with Crippen molar-refractivity contribution in [2.45, 2.75) is 64.2 Å². The summed E-state index contributed by atoms with van der Waals surface area (Å²) in [6.45, 7) is 2.47. The summed E-state index contributed by atoms with van der Waals surface area (Å²) in [6, 6.07) is 1.88. The summed E-state index contributed by atoms with van der Waals surface area (Å²) in [4.78, 5) is 10.9. The first-order valence-corrected chi connectivity index (χ1v) is 12.3. The molecule has 0 unspecified atom stereocenters. The maximum absolute atomic E-state index is 14.0. The number of rotatable bonds is 21. The highest BCUT2D eigenvalue weighted by molar-refractivity contribution is 7.80. The largest absolute Gasteiger partial charge is 0.478 e. The SMILES string of the molecule is O=C(O)c1ccc(F)c(CCOCCOCCOCCCCCCCCCCCS)c1F. The monoisotopic (exact) mass is 476 g/mol. The van der Waals surface area contributed by atoms with Gasteiger partial charge in [0.15, 0.2) is 0 Å². The Bertz CT molecular complexity index is 631. The molecule has 0 saturated carbocycles. The van der Waals surface area contributed by atoms with Gasteiger partial charge in [-0.2, -0.15) is 12.6 Å². The van der Waals surface area contributed by atoms with Gasteiger partial charge < -0.3 is 19.3 Å². The topological polar surface area (TPSA) is 65.0 Å². The van der Waals surface area contributed by atoms with Crippen LogP contribution in [-0.2, 0) is 20.6 Å². The molecule has 0 amide bonds. The highest BCUT2D eigenvalue weighted by Crippen LogP contribution is 2.18. The molecule has 8 heteroatoms. The van der Waals surface area contributed by atoms with Crippen molar-refractivity contribution in [3.8, 4) is 0 Å². The van der Waals surface area contributed by atoms with Crippen molar-refractivity contribution in [1.82, 2.24) is 0 Å². The molecule has 0 aromatic heterocycles. The molecule has 5 nitrogen and oxygen atoms in total. The molecule has 0 heterocycles. The first kappa shape index (κ1) is 28.8. The quantitative estimate of drug-likeness (QED) is 0.176. The van der Waals surface area contributed by atoms with E-state index in [-0.39, 0.29) is 25.2 Å². The Kier molecular flexibility index (Phi) is 17.3. The first-order valence-electron chi connectivity index (χ1n) is 11.6. The summed E-state index contributed by atoms with van der Waals surface area (Å²) in [6.07, 6.45) is 11.3. The lowest BCUT2D eigenvalue weighted by Crippen LogP contribution is -2.12. The normalized spacial score (nSPS) is 11.2. The van der Waals surface area contributed by atoms with E-state index < -0.39 is 23.2 Å². The minimum Gasteiger partial charge on any atom is -0.478 e. The molecule has 0 saturated heterocycles. The standard InChI is InChI=1S/C24H38F2O5S/c25-22-11-10-21(24(27)28)23(26)20(22)12-14-30-16-18-31-17-15-29-13-8-6-4-2-1-3-5-7-9-19-32/h10-11,32H,1-9,12-19H2,(H,27,28). The van der Waals surface area contributed by atoms with Gasteiger partial charge in [-0.1, -0.05) is 44.9 Å². The summed E-state index contributed by atoms with van der Waals surface area (Å²) in [7, 11) is 0. The van der Waals surface area contributed by atoms with Crippen molar-refractivity contribution in [1.29, 1.82) is 0 Å². The van der Waals surface area contributed by atoms with Gasteiger partial charge >= 0.3 is 5.97 Å². The van der Waals surface area contributed by atoms with Gasteiger partial charge in [-0.25, -0.2) is 13.6 Å². The molecular weight excluding hydrogens is 438 g/mol. The lowest BCUT2D eigenvalue weighted by atomic mass is 10.1. The Morgan fingerprint density at radius 1 is 0.750 bits per heavy atom. The van der Waals surface area contributed by atoms with Crippen LogP contribution in [0.4, 0.5) is 8.78 Å². The van der Waals surface area contributed by atoms with Crippen molar-refractivity contribution in [3.63, 3.8) is 0 Å². The second kappa shape index (κ2) is 19.3. The zero-order valence-corrected chi connectivity index (χ0v) is 19.9. The summed E-state index contributed by atoms with van der Waals surface area (Å²) < 4.78 is 44.0.